The Morgan fingerprint density at radius 1 is 1.11 bits per heavy atom. The minimum atomic E-state index is -4.77. The van der Waals surface area contributed by atoms with E-state index in [1.165, 1.54) is 19.4 Å². The van der Waals surface area contributed by atoms with Gasteiger partial charge < -0.3 is 9.64 Å². The van der Waals surface area contributed by atoms with Crippen LogP contribution in [0.25, 0.3) is 0 Å². The standard InChI is InChI=1S/C26H23Cl2F4N3O2/c1-34(12-15-3-6-19(22(29)9-15)26(30,31)32)23-14-35(25(36)17-5-8-24(37-2)33-11-17)13-18(23)16-4-7-20(27)21(28)10-16/h3-11,18,23H,12-14H2,1-2H3/t18-,23+/m1/s1. The number of alkyl halides is 3. The Morgan fingerprint density at radius 2 is 1.86 bits per heavy atom. The molecule has 2 aromatic carbocycles. The lowest BCUT2D eigenvalue weighted by Gasteiger charge is -2.29. The van der Waals surface area contributed by atoms with Crippen LogP contribution in [0, 0.1) is 5.82 Å². The van der Waals surface area contributed by atoms with Crippen molar-refractivity contribution in [3.05, 3.63) is 92.8 Å². The molecule has 0 spiro atoms. The smallest absolute Gasteiger partial charge is 0.419 e. The predicted octanol–water partition coefficient (Wildman–Crippen LogP) is 6.30. The molecule has 3 aromatic rings. The van der Waals surface area contributed by atoms with Gasteiger partial charge in [-0.15, -0.1) is 0 Å². The molecule has 0 radical (unpaired) electrons. The third kappa shape index (κ3) is 6.00. The molecule has 1 aliphatic heterocycles. The first-order valence-electron chi connectivity index (χ1n) is 11.3. The minimum absolute atomic E-state index is 0.170. The number of likely N-dealkylation sites (N-methyl/N-ethyl adjacent to an activating group) is 1. The topological polar surface area (TPSA) is 45.7 Å². The van der Waals surface area contributed by atoms with Gasteiger partial charge in [-0.2, -0.15) is 13.2 Å². The maximum absolute atomic E-state index is 14.2. The molecule has 0 unspecified atom stereocenters. The second-order valence-corrected chi connectivity index (χ2v) is 9.69. The molecule has 2 heterocycles. The quantitative estimate of drug-likeness (QED) is 0.335. The summed E-state index contributed by atoms with van der Waals surface area (Å²) >= 11 is 12.4. The zero-order valence-electron chi connectivity index (χ0n) is 19.9. The predicted molar refractivity (Wildman–Crippen MR) is 133 cm³/mol. The highest BCUT2D eigenvalue weighted by Crippen LogP contribution is 2.36. The van der Waals surface area contributed by atoms with E-state index >= 15 is 0 Å². The number of hydrogen-bond acceptors (Lipinski definition) is 4. The molecule has 1 aliphatic rings. The van der Waals surface area contributed by atoms with E-state index in [4.69, 9.17) is 27.9 Å². The third-order valence-electron chi connectivity index (χ3n) is 6.48. The SMILES string of the molecule is COc1ccc(C(=O)N2C[C@H](c3ccc(Cl)c(Cl)c3)[C@@H](N(C)Cc3ccc(C(F)(F)F)c(F)c3)C2)cn1. The number of ether oxygens (including phenoxy) is 1. The lowest BCUT2D eigenvalue weighted by atomic mass is 9.93. The highest BCUT2D eigenvalue weighted by atomic mass is 35.5. The van der Waals surface area contributed by atoms with E-state index in [1.54, 1.807) is 36.2 Å². The molecule has 4 rings (SSSR count). The number of likely N-dealkylation sites (tertiary alicyclic amines) is 1. The highest BCUT2D eigenvalue weighted by Gasteiger charge is 2.39. The van der Waals surface area contributed by atoms with Gasteiger partial charge >= 0.3 is 6.18 Å². The maximum atomic E-state index is 14.2. The largest absolute Gasteiger partial charge is 0.481 e. The van der Waals surface area contributed by atoms with Gasteiger partial charge in [0.25, 0.3) is 5.91 Å². The van der Waals surface area contributed by atoms with Crippen LogP contribution < -0.4 is 4.74 Å². The Balaban J connectivity index is 1.60. The van der Waals surface area contributed by atoms with Crippen molar-refractivity contribution in [2.45, 2.75) is 24.7 Å². The monoisotopic (exact) mass is 555 g/mol. The summed E-state index contributed by atoms with van der Waals surface area (Å²) in [5.41, 5.74) is 0.318. The van der Waals surface area contributed by atoms with Crippen LogP contribution in [-0.2, 0) is 12.7 Å². The summed E-state index contributed by atoms with van der Waals surface area (Å²) in [5.74, 6) is -1.35. The number of carbonyl (C=O) groups excluding carboxylic acids is 1. The van der Waals surface area contributed by atoms with Gasteiger partial charge in [0, 0.05) is 43.9 Å². The van der Waals surface area contributed by atoms with Gasteiger partial charge in [0.05, 0.1) is 28.3 Å². The zero-order valence-corrected chi connectivity index (χ0v) is 21.4. The number of methoxy groups -OCH3 is 1. The van der Waals surface area contributed by atoms with E-state index in [0.717, 1.165) is 17.7 Å². The van der Waals surface area contributed by atoms with Gasteiger partial charge in [-0.05, 0) is 48.5 Å². The van der Waals surface area contributed by atoms with Gasteiger partial charge in [0.1, 0.15) is 5.82 Å². The van der Waals surface area contributed by atoms with Crippen LogP contribution in [0.1, 0.15) is 33.0 Å². The molecule has 5 nitrogen and oxygen atoms in total. The fourth-order valence-electron chi connectivity index (χ4n) is 4.57. The van der Waals surface area contributed by atoms with E-state index in [-0.39, 0.29) is 24.4 Å². The maximum Gasteiger partial charge on any atom is 0.419 e. The summed E-state index contributed by atoms with van der Waals surface area (Å²) in [5, 5.41) is 0.764. The van der Waals surface area contributed by atoms with E-state index in [0.29, 0.717) is 40.1 Å². The first kappa shape index (κ1) is 27.2. The number of rotatable bonds is 6. The molecule has 37 heavy (non-hydrogen) atoms. The molecule has 1 aromatic heterocycles. The lowest BCUT2D eigenvalue weighted by molar-refractivity contribution is -0.140. The molecule has 1 saturated heterocycles. The lowest BCUT2D eigenvalue weighted by Crippen LogP contribution is -2.38. The van der Waals surface area contributed by atoms with Crippen LogP contribution in [-0.4, -0.2) is 54.0 Å². The molecule has 196 valence electrons. The second kappa shape index (κ2) is 10.8. The molecule has 2 atom stereocenters. The van der Waals surface area contributed by atoms with Crippen LogP contribution in [0.3, 0.4) is 0 Å². The fraction of sp³-hybridized carbons (Fsp3) is 0.308. The summed E-state index contributed by atoms with van der Waals surface area (Å²) in [4.78, 5) is 21.0. The number of hydrogen-bond donors (Lipinski definition) is 0. The second-order valence-electron chi connectivity index (χ2n) is 8.87. The number of pyridine rings is 1. The Labute approximate surface area is 221 Å². The zero-order chi connectivity index (χ0) is 26.9. The van der Waals surface area contributed by atoms with Crippen LogP contribution in [0.5, 0.6) is 5.88 Å². The van der Waals surface area contributed by atoms with Crippen molar-refractivity contribution in [3.63, 3.8) is 0 Å². The van der Waals surface area contributed by atoms with E-state index < -0.39 is 17.6 Å². The molecular formula is C26H23Cl2F4N3O2. The van der Waals surface area contributed by atoms with Crippen molar-refractivity contribution in [1.82, 2.24) is 14.8 Å². The van der Waals surface area contributed by atoms with Crippen LogP contribution >= 0.6 is 23.2 Å². The van der Waals surface area contributed by atoms with E-state index in [1.807, 2.05) is 11.0 Å². The van der Waals surface area contributed by atoms with E-state index in [9.17, 15) is 22.4 Å². The van der Waals surface area contributed by atoms with Crippen LogP contribution in [0.15, 0.2) is 54.7 Å². The molecular weight excluding hydrogens is 533 g/mol. The Kier molecular flexibility index (Phi) is 7.96. The van der Waals surface area contributed by atoms with Crippen molar-refractivity contribution in [1.29, 1.82) is 0 Å². The van der Waals surface area contributed by atoms with Crippen molar-refractivity contribution in [2.24, 2.45) is 0 Å². The average molecular weight is 556 g/mol. The van der Waals surface area contributed by atoms with Crippen molar-refractivity contribution in [2.75, 3.05) is 27.2 Å². The first-order chi connectivity index (χ1) is 17.5. The Morgan fingerprint density at radius 3 is 2.46 bits per heavy atom. The van der Waals surface area contributed by atoms with Gasteiger partial charge in [0.2, 0.25) is 5.88 Å². The summed E-state index contributed by atoms with van der Waals surface area (Å²) in [6, 6.07) is 11.2. The Hall–Kier alpha value is -2.88. The normalized spacial score (nSPS) is 17.9. The van der Waals surface area contributed by atoms with Gasteiger partial charge in [-0.3, -0.25) is 9.69 Å². The summed E-state index contributed by atoms with van der Waals surface area (Å²) in [6.45, 7) is 0.859. The third-order valence-corrected chi connectivity index (χ3v) is 7.22. The number of benzene rings is 2. The number of nitrogens with zero attached hydrogens (tertiary/aromatic N) is 3. The number of halogens is 6. The number of amides is 1. The molecule has 0 aliphatic carbocycles. The van der Waals surface area contributed by atoms with Crippen molar-refractivity contribution < 1.29 is 27.1 Å². The molecule has 0 saturated carbocycles. The van der Waals surface area contributed by atoms with Crippen LogP contribution in [0.2, 0.25) is 10.0 Å². The fourth-order valence-corrected chi connectivity index (χ4v) is 4.88. The summed E-state index contributed by atoms with van der Waals surface area (Å²) in [6.07, 6.45) is -3.33. The Bertz CT molecular complexity index is 1290. The molecule has 0 N–H and O–H groups in total. The molecule has 0 bridgehead atoms. The number of aromatic nitrogens is 1. The van der Waals surface area contributed by atoms with Crippen LogP contribution in [0.4, 0.5) is 17.6 Å². The summed E-state index contributed by atoms with van der Waals surface area (Å²) in [7, 11) is 3.27. The first-order valence-corrected chi connectivity index (χ1v) is 12.0. The van der Waals surface area contributed by atoms with Crippen molar-refractivity contribution in [3.8, 4) is 5.88 Å². The molecule has 1 fully saturated rings. The van der Waals surface area contributed by atoms with Gasteiger partial charge in [0.15, 0.2) is 0 Å². The minimum Gasteiger partial charge on any atom is -0.481 e. The van der Waals surface area contributed by atoms with E-state index in [2.05, 4.69) is 4.98 Å². The molecule has 11 heteroatoms. The number of carbonyl (C=O) groups is 1. The summed E-state index contributed by atoms with van der Waals surface area (Å²) < 4.78 is 58.1. The average Bonchev–Trinajstić information content (AvgIpc) is 3.30. The van der Waals surface area contributed by atoms with Crippen molar-refractivity contribution >= 4 is 29.1 Å². The van der Waals surface area contributed by atoms with Gasteiger partial charge in [-0.25, -0.2) is 9.37 Å². The van der Waals surface area contributed by atoms with Gasteiger partial charge in [-0.1, -0.05) is 35.3 Å². The molecule has 1 amide bonds. The highest BCUT2D eigenvalue weighted by molar-refractivity contribution is 6.42.